The third kappa shape index (κ3) is 4.24. The monoisotopic (exact) mass is 444 g/mol. The summed E-state index contributed by atoms with van der Waals surface area (Å²) in [5.74, 6) is 2.35. The maximum Gasteiger partial charge on any atom is 0.270 e. The number of benzene rings is 2. The molecule has 2 aromatic heterocycles. The van der Waals surface area contributed by atoms with Crippen molar-refractivity contribution in [3.05, 3.63) is 81.9 Å². The first-order chi connectivity index (χ1) is 15.9. The largest absolute Gasteiger partial charge is 0.497 e. The van der Waals surface area contributed by atoms with Crippen LogP contribution in [0, 0.1) is 21.4 Å². The van der Waals surface area contributed by atoms with Crippen LogP contribution in [-0.4, -0.2) is 33.7 Å². The number of ether oxygens (including phenoxy) is 2. The molecule has 0 spiro atoms. The second-order valence-corrected chi connectivity index (χ2v) is 7.25. The van der Waals surface area contributed by atoms with Crippen molar-refractivity contribution in [3.8, 4) is 17.6 Å². The van der Waals surface area contributed by atoms with Gasteiger partial charge in [-0.25, -0.2) is 9.97 Å². The van der Waals surface area contributed by atoms with Gasteiger partial charge < -0.3 is 19.4 Å². The summed E-state index contributed by atoms with van der Waals surface area (Å²) in [5.41, 5.74) is 1.44. The summed E-state index contributed by atoms with van der Waals surface area (Å²) in [6, 6.07) is 13.0. The highest BCUT2D eigenvalue weighted by Crippen LogP contribution is 2.33. The zero-order chi connectivity index (χ0) is 23.5. The molecule has 10 heteroatoms. The minimum atomic E-state index is -0.500. The number of fused-ring (bicyclic) bond motifs is 1. The van der Waals surface area contributed by atoms with E-state index in [1.165, 1.54) is 18.2 Å². The van der Waals surface area contributed by atoms with Gasteiger partial charge in [-0.1, -0.05) is 0 Å². The van der Waals surface area contributed by atoms with Crippen molar-refractivity contribution in [2.75, 3.05) is 19.5 Å². The van der Waals surface area contributed by atoms with E-state index in [1.807, 2.05) is 29.9 Å². The van der Waals surface area contributed by atoms with Gasteiger partial charge in [0.1, 0.15) is 29.2 Å². The number of hydrogen-bond donors (Lipinski definition) is 1. The first-order valence-electron chi connectivity index (χ1n) is 9.89. The molecule has 1 N–H and O–H groups in total. The highest BCUT2D eigenvalue weighted by Gasteiger charge is 2.22. The number of nitrogens with zero attached hydrogens (tertiary/aromatic N) is 5. The molecule has 1 unspecified atom stereocenters. The van der Waals surface area contributed by atoms with Gasteiger partial charge >= 0.3 is 0 Å². The molecule has 166 valence electrons. The van der Waals surface area contributed by atoms with Crippen molar-refractivity contribution >= 4 is 22.4 Å². The standard InChI is InChI=1S/C23H20N6O4/c1-28-7-6-25-23(28)22(14-8-17(32-2)12-18(9-14)33-3)27-21-10-15(13-24)19-11-16(29(30)31)4-5-20(19)26-21/h4-12,22H,1-3H3,(H,26,27). The van der Waals surface area contributed by atoms with E-state index in [0.717, 1.165) is 5.56 Å². The zero-order valence-electron chi connectivity index (χ0n) is 18.1. The second-order valence-electron chi connectivity index (χ2n) is 7.25. The van der Waals surface area contributed by atoms with Crippen molar-refractivity contribution in [1.29, 1.82) is 5.26 Å². The molecule has 0 radical (unpaired) electrons. The molecule has 1 atom stereocenters. The van der Waals surface area contributed by atoms with E-state index in [9.17, 15) is 15.4 Å². The fourth-order valence-corrected chi connectivity index (χ4v) is 3.59. The van der Waals surface area contributed by atoms with Crippen LogP contribution >= 0.6 is 0 Å². The summed E-state index contributed by atoms with van der Waals surface area (Å²) in [7, 11) is 5.03. The van der Waals surface area contributed by atoms with Crippen LogP contribution in [0.15, 0.2) is 54.9 Å². The molecule has 0 aliphatic carbocycles. The lowest BCUT2D eigenvalue weighted by atomic mass is 10.0. The van der Waals surface area contributed by atoms with Crippen LogP contribution in [-0.2, 0) is 7.05 Å². The predicted octanol–water partition coefficient (Wildman–Crippen LogP) is 3.97. The minimum Gasteiger partial charge on any atom is -0.497 e. The summed E-state index contributed by atoms with van der Waals surface area (Å²) < 4.78 is 12.7. The molecular weight excluding hydrogens is 424 g/mol. The highest BCUT2D eigenvalue weighted by molar-refractivity contribution is 5.88. The van der Waals surface area contributed by atoms with E-state index >= 15 is 0 Å². The van der Waals surface area contributed by atoms with Gasteiger partial charge in [0.2, 0.25) is 0 Å². The number of nitriles is 1. The zero-order valence-corrected chi connectivity index (χ0v) is 18.1. The normalized spacial score (nSPS) is 11.6. The van der Waals surface area contributed by atoms with Gasteiger partial charge in [0.05, 0.1) is 36.3 Å². The number of anilines is 1. The van der Waals surface area contributed by atoms with Crippen molar-refractivity contribution in [2.24, 2.45) is 7.05 Å². The average molecular weight is 444 g/mol. The summed E-state index contributed by atoms with van der Waals surface area (Å²) in [6.07, 6.45) is 3.52. The third-order valence-corrected chi connectivity index (χ3v) is 5.24. The van der Waals surface area contributed by atoms with Crippen LogP contribution in [0.2, 0.25) is 0 Å². The van der Waals surface area contributed by atoms with Gasteiger partial charge in [0.25, 0.3) is 5.69 Å². The number of imidazole rings is 1. The van der Waals surface area contributed by atoms with E-state index in [-0.39, 0.29) is 11.3 Å². The number of hydrogen-bond acceptors (Lipinski definition) is 8. The Morgan fingerprint density at radius 3 is 2.45 bits per heavy atom. The number of nitro groups is 1. The van der Waals surface area contributed by atoms with E-state index in [0.29, 0.717) is 34.0 Å². The van der Waals surface area contributed by atoms with Gasteiger partial charge in [-0.2, -0.15) is 5.26 Å². The molecule has 2 aromatic carbocycles. The summed E-state index contributed by atoms with van der Waals surface area (Å²) in [6.45, 7) is 0. The molecule has 0 bridgehead atoms. The molecule has 33 heavy (non-hydrogen) atoms. The first-order valence-corrected chi connectivity index (χ1v) is 9.89. The highest BCUT2D eigenvalue weighted by atomic mass is 16.6. The Kier molecular flexibility index (Phi) is 5.78. The van der Waals surface area contributed by atoms with Crippen molar-refractivity contribution in [3.63, 3.8) is 0 Å². The minimum absolute atomic E-state index is 0.101. The molecule has 0 saturated carbocycles. The van der Waals surface area contributed by atoms with Gasteiger partial charge in [0, 0.05) is 43.0 Å². The van der Waals surface area contributed by atoms with E-state index in [2.05, 4.69) is 21.4 Å². The number of nitro benzene ring substituents is 1. The lowest BCUT2D eigenvalue weighted by Gasteiger charge is -2.21. The number of aryl methyl sites for hydroxylation is 1. The fourth-order valence-electron chi connectivity index (χ4n) is 3.59. The van der Waals surface area contributed by atoms with Gasteiger partial charge in [0.15, 0.2) is 0 Å². The molecule has 0 fully saturated rings. The van der Waals surface area contributed by atoms with Crippen LogP contribution in [0.1, 0.15) is 23.0 Å². The summed E-state index contributed by atoms with van der Waals surface area (Å²) >= 11 is 0. The molecule has 0 saturated heterocycles. The maximum absolute atomic E-state index is 11.1. The molecule has 10 nitrogen and oxygen atoms in total. The van der Waals surface area contributed by atoms with Crippen LogP contribution in [0.25, 0.3) is 10.9 Å². The first kappa shape index (κ1) is 21.6. The number of non-ortho nitro benzene ring substituents is 1. The second kappa shape index (κ2) is 8.84. The Labute approximate surface area is 189 Å². The number of rotatable bonds is 7. The number of aromatic nitrogens is 3. The van der Waals surface area contributed by atoms with Crippen molar-refractivity contribution < 1.29 is 14.4 Å². The number of nitrogens with one attached hydrogen (secondary N) is 1. The molecule has 0 aliphatic rings. The Morgan fingerprint density at radius 2 is 1.88 bits per heavy atom. The summed E-state index contributed by atoms with van der Waals surface area (Å²) in [5, 5.41) is 24.6. The lowest BCUT2D eigenvalue weighted by molar-refractivity contribution is -0.384. The molecule has 0 aliphatic heterocycles. The van der Waals surface area contributed by atoms with Gasteiger partial charge in [-0.3, -0.25) is 10.1 Å². The number of methoxy groups -OCH3 is 2. The van der Waals surface area contributed by atoms with Crippen molar-refractivity contribution in [2.45, 2.75) is 6.04 Å². The van der Waals surface area contributed by atoms with Crippen molar-refractivity contribution in [1.82, 2.24) is 14.5 Å². The van der Waals surface area contributed by atoms with Crippen LogP contribution in [0.3, 0.4) is 0 Å². The molecule has 0 amide bonds. The topological polar surface area (TPSA) is 128 Å². The third-order valence-electron chi connectivity index (χ3n) is 5.24. The average Bonchev–Trinajstić information content (AvgIpc) is 3.26. The lowest BCUT2D eigenvalue weighted by Crippen LogP contribution is -2.18. The molecule has 4 aromatic rings. The van der Waals surface area contributed by atoms with Crippen LogP contribution in [0.4, 0.5) is 11.5 Å². The van der Waals surface area contributed by atoms with Gasteiger partial charge in [-0.15, -0.1) is 0 Å². The fraction of sp³-hybridized carbons (Fsp3) is 0.174. The Morgan fingerprint density at radius 1 is 1.15 bits per heavy atom. The Hall–Kier alpha value is -4.65. The number of pyridine rings is 1. The summed E-state index contributed by atoms with van der Waals surface area (Å²) in [4.78, 5) is 19.7. The van der Waals surface area contributed by atoms with Crippen LogP contribution < -0.4 is 14.8 Å². The molecular formula is C23H20N6O4. The molecule has 4 rings (SSSR count). The van der Waals surface area contributed by atoms with Crippen LogP contribution in [0.5, 0.6) is 11.5 Å². The van der Waals surface area contributed by atoms with E-state index < -0.39 is 11.0 Å². The quantitative estimate of drug-likeness (QED) is 0.335. The van der Waals surface area contributed by atoms with E-state index in [1.54, 1.807) is 32.5 Å². The molecule has 2 heterocycles. The Bertz CT molecular complexity index is 1370. The smallest absolute Gasteiger partial charge is 0.270 e. The predicted molar refractivity (Wildman–Crippen MR) is 121 cm³/mol. The Balaban J connectivity index is 1.84. The maximum atomic E-state index is 11.1. The SMILES string of the molecule is COc1cc(OC)cc(C(Nc2cc(C#N)c3cc([N+](=O)[O-])ccc3n2)c2nccn2C)c1. The van der Waals surface area contributed by atoms with E-state index in [4.69, 9.17) is 9.47 Å². The van der Waals surface area contributed by atoms with Gasteiger partial charge in [-0.05, 0) is 29.8 Å².